The van der Waals surface area contributed by atoms with Crippen LogP contribution in [0.5, 0.6) is 0 Å². The van der Waals surface area contributed by atoms with E-state index in [1.54, 1.807) is 18.8 Å². The van der Waals surface area contributed by atoms with Crippen LogP contribution >= 0.6 is 11.8 Å². The summed E-state index contributed by atoms with van der Waals surface area (Å²) in [5, 5.41) is 0. The molecule has 1 aromatic carbocycles. The summed E-state index contributed by atoms with van der Waals surface area (Å²) in [5.41, 5.74) is -0.185. The molecule has 0 radical (unpaired) electrons. The van der Waals surface area contributed by atoms with Crippen molar-refractivity contribution in [2.75, 3.05) is 19.1 Å². The van der Waals surface area contributed by atoms with Gasteiger partial charge in [0.1, 0.15) is 0 Å². The first-order valence-electron chi connectivity index (χ1n) is 5.79. The van der Waals surface area contributed by atoms with Gasteiger partial charge in [-0.25, -0.2) is 13.2 Å². The first-order valence-corrected chi connectivity index (χ1v) is 7.18. The van der Waals surface area contributed by atoms with Crippen LogP contribution in [-0.4, -0.2) is 35.9 Å². The molecular formula is C13H16F3NOS. The fraction of sp³-hybridized carbons (Fsp3) is 0.462. The van der Waals surface area contributed by atoms with Gasteiger partial charge in [0.2, 0.25) is 0 Å². The highest BCUT2D eigenvalue weighted by molar-refractivity contribution is 7.98. The fourth-order valence-corrected chi connectivity index (χ4v) is 2.14. The molecule has 0 aliphatic rings. The molecular weight excluding hydrogens is 275 g/mol. The topological polar surface area (TPSA) is 20.3 Å². The lowest BCUT2D eigenvalue weighted by atomic mass is 10.1. The van der Waals surface area contributed by atoms with E-state index in [-0.39, 0.29) is 11.6 Å². The highest BCUT2D eigenvalue weighted by Gasteiger charge is 2.20. The minimum Gasteiger partial charge on any atom is -0.339 e. The van der Waals surface area contributed by atoms with Crippen molar-refractivity contribution in [3.8, 4) is 0 Å². The van der Waals surface area contributed by atoms with E-state index in [0.29, 0.717) is 0 Å². The highest BCUT2D eigenvalue weighted by Crippen LogP contribution is 2.16. The van der Waals surface area contributed by atoms with Crippen LogP contribution in [0, 0.1) is 17.5 Å². The quantitative estimate of drug-likeness (QED) is 0.776. The van der Waals surface area contributed by atoms with E-state index in [1.807, 2.05) is 13.2 Å². The Morgan fingerprint density at radius 3 is 2.32 bits per heavy atom. The van der Waals surface area contributed by atoms with Gasteiger partial charge in [0.15, 0.2) is 17.5 Å². The lowest BCUT2D eigenvalue weighted by Gasteiger charge is -2.25. The molecule has 0 heterocycles. The van der Waals surface area contributed by atoms with Crippen LogP contribution in [0.15, 0.2) is 12.1 Å². The molecule has 6 heteroatoms. The van der Waals surface area contributed by atoms with Gasteiger partial charge in [0, 0.05) is 18.7 Å². The average molecular weight is 291 g/mol. The monoisotopic (exact) mass is 291 g/mol. The van der Waals surface area contributed by atoms with Crippen molar-refractivity contribution in [3.63, 3.8) is 0 Å². The number of nitrogens with zero attached hydrogens (tertiary/aromatic N) is 1. The van der Waals surface area contributed by atoms with E-state index in [4.69, 9.17) is 0 Å². The Kier molecular flexibility index (Phi) is 5.72. The maximum atomic E-state index is 13.1. The van der Waals surface area contributed by atoms with Gasteiger partial charge < -0.3 is 4.90 Å². The summed E-state index contributed by atoms with van der Waals surface area (Å²) in [6.45, 7) is 1.85. The number of carbonyl (C=O) groups is 1. The summed E-state index contributed by atoms with van der Waals surface area (Å²) in [6.07, 6.45) is 2.73. The number of hydrogen-bond acceptors (Lipinski definition) is 2. The largest absolute Gasteiger partial charge is 0.339 e. The van der Waals surface area contributed by atoms with E-state index < -0.39 is 23.4 Å². The van der Waals surface area contributed by atoms with E-state index in [2.05, 4.69) is 0 Å². The number of rotatable bonds is 5. The Bertz CT molecular complexity index is 444. The molecule has 0 N–H and O–H groups in total. The summed E-state index contributed by atoms with van der Waals surface area (Å²) in [5.74, 6) is -3.91. The van der Waals surface area contributed by atoms with Crippen LogP contribution < -0.4 is 0 Å². The predicted molar refractivity (Wildman–Crippen MR) is 70.9 cm³/mol. The molecule has 1 unspecified atom stereocenters. The molecule has 1 aromatic rings. The van der Waals surface area contributed by atoms with Gasteiger partial charge in [-0.3, -0.25) is 4.79 Å². The van der Waals surface area contributed by atoms with E-state index in [9.17, 15) is 18.0 Å². The second kappa shape index (κ2) is 6.84. The van der Waals surface area contributed by atoms with Crippen molar-refractivity contribution in [2.45, 2.75) is 19.4 Å². The Hall–Kier alpha value is -1.17. The summed E-state index contributed by atoms with van der Waals surface area (Å²) in [6, 6.07) is 1.38. The van der Waals surface area contributed by atoms with Crippen molar-refractivity contribution in [1.82, 2.24) is 4.90 Å². The third kappa shape index (κ3) is 3.89. The molecule has 0 aromatic heterocycles. The van der Waals surface area contributed by atoms with Gasteiger partial charge in [-0.2, -0.15) is 11.8 Å². The summed E-state index contributed by atoms with van der Waals surface area (Å²) < 4.78 is 39.0. The SMILES string of the molecule is CSCCC(C)N(C)C(=O)c1cc(F)c(F)c(F)c1. The second-order valence-electron chi connectivity index (χ2n) is 4.30. The van der Waals surface area contributed by atoms with Gasteiger partial charge in [-0.15, -0.1) is 0 Å². The van der Waals surface area contributed by atoms with Gasteiger partial charge in [-0.05, 0) is 37.5 Å². The number of benzene rings is 1. The lowest BCUT2D eigenvalue weighted by Crippen LogP contribution is -2.35. The first kappa shape index (κ1) is 15.9. The lowest BCUT2D eigenvalue weighted by molar-refractivity contribution is 0.0740. The Morgan fingerprint density at radius 2 is 1.84 bits per heavy atom. The minimum atomic E-state index is -1.56. The zero-order valence-electron chi connectivity index (χ0n) is 11.0. The third-order valence-electron chi connectivity index (χ3n) is 2.95. The molecule has 1 amide bonds. The molecule has 0 spiro atoms. The summed E-state index contributed by atoms with van der Waals surface area (Å²) in [7, 11) is 1.56. The molecule has 2 nitrogen and oxygen atoms in total. The number of hydrogen-bond donors (Lipinski definition) is 0. The smallest absolute Gasteiger partial charge is 0.254 e. The number of carbonyl (C=O) groups excluding carboxylic acids is 1. The Morgan fingerprint density at radius 1 is 1.32 bits per heavy atom. The molecule has 0 bridgehead atoms. The fourth-order valence-electron chi connectivity index (χ4n) is 1.56. The maximum Gasteiger partial charge on any atom is 0.254 e. The molecule has 0 fully saturated rings. The van der Waals surface area contributed by atoms with Crippen LogP contribution in [0.25, 0.3) is 0 Å². The van der Waals surface area contributed by atoms with Crippen molar-refractivity contribution < 1.29 is 18.0 Å². The minimum absolute atomic E-state index is 0.0591. The van der Waals surface area contributed by atoms with Crippen LogP contribution in [0.4, 0.5) is 13.2 Å². The normalized spacial score (nSPS) is 12.3. The highest BCUT2D eigenvalue weighted by atomic mass is 32.2. The molecule has 1 atom stereocenters. The summed E-state index contributed by atoms with van der Waals surface area (Å²) >= 11 is 1.65. The zero-order valence-corrected chi connectivity index (χ0v) is 11.9. The van der Waals surface area contributed by atoms with Crippen LogP contribution in [0.1, 0.15) is 23.7 Å². The van der Waals surface area contributed by atoms with Crippen molar-refractivity contribution in [1.29, 1.82) is 0 Å². The maximum absolute atomic E-state index is 13.1. The molecule has 0 aliphatic heterocycles. The Balaban J connectivity index is 2.88. The Labute approximate surface area is 115 Å². The van der Waals surface area contributed by atoms with Crippen molar-refractivity contribution >= 4 is 17.7 Å². The molecule has 1 rings (SSSR count). The van der Waals surface area contributed by atoms with Gasteiger partial charge in [-0.1, -0.05) is 0 Å². The van der Waals surface area contributed by atoms with E-state index >= 15 is 0 Å². The number of thioether (sulfide) groups is 1. The molecule has 0 aliphatic carbocycles. The first-order chi connectivity index (χ1) is 8.88. The second-order valence-corrected chi connectivity index (χ2v) is 5.29. The molecule has 19 heavy (non-hydrogen) atoms. The number of halogens is 3. The molecule has 0 saturated carbocycles. The summed E-state index contributed by atoms with van der Waals surface area (Å²) in [4.78, 5) is 13.4. The predicted octanol–water partition coefficient (Wildman–Crippen LogP) is 3.32. The molecule has 0 saturated heterocycles. The standard InChI is InChI=1S/C13H16F3NOS/c1-8(4-5-19-3)17(2)13(18)9-6-10(14)12(16)11(15)7-9/h6-8H,4-5H2,1-3H3. The van der Waals surface area contributed by atoms with Crippen molar-refractivity contribution in [2.24, 2.45) is 0 Å². The van der Waals surface area contributed by atoms with Crippen LogP contribution in [0.3, 0.4) is 0 Å². The van der Waals surface area contributed by atoms with E-state index in [0.717, 1.165) is 24.3 Å². The van der Waals surface area contributed by atoms with Gasteiger partial charge in [0.05, 0.1) is 0 Å². The van der Waals surface area contributed by atoms with Gasteiger partial charge >= 0.3 is 0 Å². The van der Waals surface area contributed by atoms with Crippen LogP contribution in [-0.2, 0) is 0 Å². The zero-order chi connectivity index (χ0) is 14.6. The average Bonchev–Trinajstić information content (AvgIpc) is 2.39. The van der Waals surface area contributed by atoms with Crippen molar-refractivity contribution in [3.05, 3.63) is 35.1 Å². The van der Waals surface area contributed by atoms with E-state index in [1.165, 1.54) is 4.90 Å². The third-order valence-corrected chi connectivity index (χ3v) is 3.60. The molecule has 106 valence electrons. The van der Waals surface area contributed by atoms with Crippen LogP contribution in [0.2, 0.25) is 0 Å². The van der Waals surface area contributed by atoms with Gasteiger partial charge in [0.25, 0.3) is 5.91 Å². The number of amides is 1.